The van der Waals surface area contributed by atoms with Crippen LogP contribution >= 0.6 is 0 Å². The summed E-state index contributed by atoms with van der Waals surface area (Å²) >= 11 is 0. The molecule has 1 aliphatic heterocycles. The lowest BCUT2D eigenvalue weighted by Crippen LogP contribution is -2.54. The summed E-state index contributed by atoms with van der Waals surface area (Å²) in [5.41, 5.74) is 1.01. The van der Waals surface area contributed by atoms with Crippen LogP contribution in [0.25, 0.3) is 0 Å². The van der Waals surface area contributed by atoms with Crippen molar-refractivity contribution in [3.8, 4) is 0 Å². The predicted molar refractivity (Wildman–Crippen MR) is 109 cm³/mol. The van der Waals surface area contributed by atoms with Crippen LogP contribution in [0.5, 0.6) is 0 Å². The molecule has 1 aliphatic rings. The second kappa shape index (κ2) is 12.3. The summed E-state index contributed by atoms with van der Waals surface area (Å²) in [4.78, 5) is 20.6. The van der Waals surface area contributed by atoms with E-state index in [0.29, 0.717) is 19.7 Å². The Morgan fingerprint density at radius 3 is 2.68 bits per heavy atom. The zero-order valence-electron chi connectivity index (χ0n) is 16.9. The van der Waals surface area contributed by atoms with Gasteiger partial charge in [-0.05, 0) is 30.5 Å². The molecular weight excluding hydrogens is 361 g/mol. The van der Waals surface area contributed by atoms with Crippen molar-refractivity contribution < 1.29 is 13.9 Å². The molecule has 7 nitrogen and oxygen atoms in total. The minimum Gasteiger partial charge on any atom is -0.383 e. The molecule has 0 unspecified atom stereocenters. The van der Waals surface area contributed by atoms with Crippen LogP contribution in [0.1, 0.15) is 12.0 Å². The van der Waals surface area contributed by atoms with Crippen molar-refractivity contribution in [2.45, 2.75) is 12.8 Å². The minimum absolute atomic E-state index is 0.0327. The molecule has 0 bridgehead atoms. The first-order valence-electron chi connectivity index (χ1n) is 9.80. The molecule has 1 aromatic rings. The lowest BCUT2D eigenvalue weighted by atomic mass is 10.1. The van der Waals surface area contributed by atoms with E-state index in [2.05, 4.69) is 25.4 Å². The van der Waals surface area contributed by atoms with Gasteiger partial charge >= 0.3 is 0 Å². The third kappa shape index (κ3) is 7.82. The number of methoxy groups -OCH3 is 1. The van der Waals surface area contributed by atoms with E-state index in [9.17, 15) is 9.18 Å². The number of aliphatic imine (C=N–C) groups is 1. The number of guanidine groups is 1. The standard InChI is InChI=1S/C20H32FN5O2/c1-22-20(24-8-4-6-17-5-3-7-18(21)15-17)26-12-10-25(11-13-26)16-19(27)23-9-14-28-2/h3,5,7,15H,4,6,8-14,16H2,1-2H3,(H,22,24)(H,23,27). The minimum atomic E-state index is -0.188. The number of ether oxygens (including phenoxy) is 1. The summed E-state index contributed by atoms with van der Waals surface area (Å²) in [6.07, 6.45) is 1.73. The first-order chi connectivity index (χ1) is 13.6. The van der Waals surface area contributed by atoms with E-state index >= 15 is 0 Å². The number of carbonyl (C=O) groups is 1. The highest BCUT2D eigenvalue weighted by molar-refractivity contribution is 5.80. The number of nitrogens with zero attached hydrogens (tertiary/aromatic N) is 3. The fraction of sp³-hybridized carbons (Fsp3) is 0.600. The van der Waals surface area contributed by atoms with Crippen LogP contribution in [-0.4, -0.2) is 88.2 Å². The summed E-state index contributed by atoms with van der Waals surface area (Å²) in [7, 11) is 3.40. The van der Waals surface area contributed by atoms with E-state index in [1.54, 1.807) is 26.3 Å². The van der Waals surface area contributed by atoms with E-state index < -0.39 is 0 Å². The molecule has 0 aromatic heterocycles. The maximum Gasteiger partial charge on any atom is 0.234 e. The Hall–Kier alpha value is -2.19. The van der Waals surface area contributed by atoms with Gasteiger partial charge in [0.05, 0.1) is 13.2 Å². The fourth-order valence-corrected chi connectivity index (χ4v) is 3.19. The zero-order valence-corrected chi connectivity index (χ0v) is 16.9. The van der Waals surface area contributed by atoms with Crippen LogP contribution in [0.15, 0.2) is 29.3 Å². The molecule has 1 fully saturated rings. The second-order valence-corrected chi connectivity index (χ2v) is 6.81. The van der Waals surface area contributed by atoms with Gasteiger partial charge in [-0.3, -0.25) is 14.7 Å². The van der Waals surface area contributed by atoms with Crippen molar-refractivity contribution in [1.29, 1.82) is 0 Å². The first kappa shape index (κ1) is 22.1. The Balaban J connectivity index is 1.65. The van der Waals surface area contributed by atoms with Gasteiger partial charge in [0.15, 0.2) is 5.96 Å². The van der Waals surface area contributed by atoms with Crippen LogP contribution in [0, 0.1) is 5.82 Å². The van der Waals surface area contributed by atoms with Crippen molar-refractivity contribution in [1.82, 2.24) is 20.4 Å². The fourth-order valence-electron chi connectivity index (χ4n) is 3.19. The molecular formula is C20H32FN5O2. The van der Waals surface area contributed by atoms with E-state index in [1.807, 2.05) is 6.07 Å². The first-order valence-corrected chi connectivity index (χ1v) is 9.80. The van der Waals surface area contributed by atoms with Gasteiger partial charge in [-0.15, -0.1) is 0 Å². The molecule has 0 spiro atoms. The van der Waals surface area contributed by atoms with Gasteiger partial charge in [0.25, 0.3) is 0 Å². The number of aryl methyl sites for hydroxylation is 1. The second-order valence-electron chi connectivity index (χ2n) is 6.81. The topological polar surface area (TPSA) is 69.2 Å². The maximum absolute atomic E-state index is 13.2. The van der Waals surface area contributed by atoms with Crippen molar-refractivity contribution >= 4 is 11.9 Å². The van der Waals surface area contributed by atoms with E-state index in [4.69, 9.17) is 4.74 Å². The van der Waals surface area contributed by atoms with Crippen LogP contribution in [0.2, 0.25) is 0 Å². The van der Waals surface area contributed by atoms with Gasteiger partial charge in [0.1, 0.15) is 5.82 Å². The van der Waals surface area contributed by atoms with Crippen molar-refractivity contribution in [3.63, 3.8) is 0 Å². The smallest absolute Gasteiger partial charge is 0.234 e. The number of benzene rings is 1. The SMILES string of the molecule is CN=C(NCCCc1cccc(F)c1)N1CCN(CC(=O)NCCOC)CC1. The number of hydrogen-bond donors (Lipinski definition) is 2. The molecule has 0 aliphatic carbocycles. The third-order valence-electron chi connectivity index (χ3n) is 4.69. The van der Waals surface area contributed by atoms with Crippen molar-refractivity contribution in [2.24, 2.45) is 4.99 Å². The molecule has 0 atom stereocenters. The molecule has 2 N–H and O–H groups in total. The summed E-state index contributed by atoms with van der Waals surface area (Å²) in [5, 5.41) is 6.23. The highest BCUT2D eigenvalue weighted by Crippen LogP contribution is 2.06. The van der Waals surface area contributed by atoms with Gasteiger partial charge in [0, 0.05) is 53.4 Å². The Morgan fingerprint density at radius 1 is 1.21 bits per heavy atom. The van der Waals surface area contributed by atoms with E-state index in [0.717, 1.165) is 57.1 Å². The number of nitrogens with one attached hydrogen (secondary N) is 2. The number of halogens is 1. The van der Waals surface area contributed by atoms with Crippen LogP contribution in [-0.2, 0) is 16.0 Å². The molecule has 0 saturated carbocycles. The summed E-state index contributed by atoms with van der Waals surface area (Å²) < 4.78 is 18.1. The highest BCUT2D eigenvalue weighted by atomic mass is 19.1. The molecule has 8 heteroatoms. The number of hydrogen-bond acceptors (Lipinski definition) is 4. The molecule has 1 aromatic carbocycles. The van der Waals surface area contributed by atoms with Crippen molar-refractivity contribution in [2.75, 3.05) is 66.6 Å². The lowest BCUT2D eigenvalue weighted by Gasteiger charge is -2.36. The largest absolute Gasteiger partial charge is 0.383 e. The maximum atomic E-state index is 13.2. The molecule has 1 saturated heterocycles. The van der Waals surface area contributed by atoms with Gasteiger partial charge in [0.2, 0.25) is 5.91 Å². The summed E-state index contributed by atoms with van der Waals surface area (Å²) in [5.74, 6) is 0.723. The van der Waals surface area contributed by atoms with Gasteiger partial charge in [-0.1, -0.05) is 12.1 Å². The quantitative estimate of drug-likeness (QED) is 0.368. The summed E-state index contributed by atoms with van der Waals surface area (Å²) in [6, 6.07) is 6.74. The van der Waals surface area contributed by atoms with E-state index in [-0.39, 0.29) is 11.7 Å². The predicted octanol–water partition coefficient (Wildman–Crippen LogP) is 0.714. The molecule has 1 heterocycles. The summed E-state index contributed by atoms with van der Waals surface area (Å²) in [6.45, 7) is 5.57. The number of carbonyl (C=O) groups excluding carboxylic acids is 1. The van der Waals surface area contributed by atoms with Gasteiger partial charge in [-0.2, -0.15) is 0 Å². The van der Waals surface area contributed by atoms with Crippen molar-refractivity contribution in [3.05, 3.63) is 35.6 Å². The molecule has 156 valence electrons. The highest BCUT2D eigenvalue weighted by Gasteiger charge is 2.20. The Kier molecular flexibility index (Phi) is 9.71. The normalized spacial score (nSPS) is 15.5. The zero-order chi connectivity index (χ0) is 20.2. The van der Waals surface area contributed by atoms with Crippen LogP contribution in [0.4, 0.5) is 4.39 Å². The molecule has 1 amide bonds. The monoisotopic (exact) mass is 393 g/mol. The van der Waals surface area contributed by atoms with Gasteiger partial charge in [-0.25, -0.2) is 4.39 Å². The van der Waals surface area contributed by atoms with Crippen LogP contribution < -0.4 is 10.6 Å². The number of piperazine rings is 1. The average Bonchev–Trinajstić information content (AvgIpc) is 2.69. The molecule has 2 rings (SSSR count). The average molecular weight is 394 g/mol. The third-order valence-corrected chi connectivity index (χ3v) is 4.69. The van der Waals surface area contributed by atoms with Crippen LogP contribution in [0.3, 0.4) is 0 Å². The molecule has 0 radical (unpaired) electrons. The van der Waals surface area contributed by atoms with E-state index in [1.165, 1.54) is 6.07 Å². The molecule has 28 heavy (non-hydrogen) atoms. The number of amides is 1. The Morgan fingerprint density at radius 2 is 2.00 bits per heavy atom. The lowest BCUT2D eigenvalue weighted by molar-refractivity contribution is -0.122. The Bertz CT molecular complexity index is 633. The Labute approximate surface area is 166 Å². The number of rotatable bonds is 9. The van der Waals surface area contributed by atoms with Gasteiger partial charge < -0.3 is 20.3 Å².